The lowest BCUT2D eigenvalue weighted by Crippen LogP contribution is -2.00. The van der Waals surface area contributed by atoms with E-state index >= 15 is 0 Å². The lowest BCUT2D eigenvalue weighted by molar-refractivity contribution is 1.06. The SMILES string of the molecule is Cc1cn(-c2ccc(Br)cc2)c(Nc2ccccc2)n1. The number of benzene rings is 2. The van der Waals surface area contributed by atoms with Gasteiger partial charge in [0, 0.05) is 22.0 Å². The van der Waals surface area contributed by atoms with E-state index in [-0.39, 0.29) is 0 Å². The van der Waals surface area contributed by atoms with Gasteiger partial charge >= 0.3 is 0 Å². The monoisotopic (exact) mass is 327 g/mol. The Hall–Kier alpha value is -2.07. The van der Waals surface area contributed by atoms with Gasteiger partial charge in [-0.3, -0.25) is 4.57 Å². The van der Waals surface area contributed by atoms with Crippen molar-refractivity contribution in [2.75, 3.05) is 5.32 Å². The number of aryl methyl sites for hydroxylation is 1. The van der Waals surface area contributed by atoms with Crippen LogP contribution < -0.4 is 5.32 Å². The van der Waals surface area contributed by atoms with Crippen LogP contribution in [0.3, 0.4) is 0 Å². The first-order valence-corrected chi connectivity index (χ1v) is 7.16. The van der Waals surface area contributed by atoms with Gasteiger partial charge in [-0.25, -0.2) is 4.98 Å². The highest BCUT2D eigenvalue weighted by Crippen LogP contribution is 2.21. The smallest absolute Gasteiger partial charge is 0.212 e. The molecule has 1 aromatic heterocycles. The summed E-state index contributed by atoms with van der Waals surface area (Å²) in [5.41, 5.74) is 3.08. The van der Waals surface area contributed by atoms with Gasteiger partial charge in [0.2, 0.25) is 5.95 Å². The Balaban J connectivity index is 1.98. The highest BCUT2D eigenvalue weighted by molar-refractivity contribution is 9.10. The number of anilines is 2. The Morgan fingerprint density at radius 1 is 1.00 bits per heavy atom. The minimum atomic E-state index is 0.816. The predicted molar refractivity (Wildman–Crippen MR) is 85.7 cm³/mol. The molecule has 0 saturated carbocycles. The van der Waals surface area contributed by atoms with Crippen molar-refractivity contribution in [2.24, 2.45) is 0 Å². The van der Waals surface area contributed by atoms with E-state index < -0.39 is 0 Å². The maximum absolute atomic E-state index is 4.54. The standard InChI is InChI=1S/C16H14BrN3/c1-12-11-20(15-9-7-13(17)8-10-15)16(18-12)19-14-5-3-2-4-6-14/h2-11H,1H3,(H,18,19). The molecule has 3 rings (SSSR count). The zero-order chi connectivity index (χ0) is 13.9. The normalized spacial score (nSPS) is 10.5. The van der Waals surface area contributed by atoms with Gasteiger partial charge in [-0.2, -0.15) is 0 Å². The van der Waals surface area contributed by atoms with Crippen LogP contribution in [0.5, 0.6) is 0 Å². The Morgan fingerprint density at radius 3 is 2.40 bits per heavy atom. The zero-order valence-electron chi connectivity index (χ0n) is 11.0. The van der Waals surface area contributed by atoms with Crippen LogP contribution in [-0.4, -0.2) is 9.55 Å². The summed E-state index contributed by atoms with van der Waals surface area (Å²) in [6.07, 6.45) is 2.02. The van der Waals surface area contributed by atoms with Gasteiger partial charge in [-0.15, -0.1) is 0 Å². The fraction of sp³-hybridized carbons (Fsp3) is 0.0625. The molecule has 0 aliphatic heterocycles. The van der Waals surface area contributed by atoms with Crippen LogP contribution in [0.1, 0.15) is 5.69 Å². The van der Waals surface area contributed by atoms with Crippen LogP contribution >= 0.6 is 15.9 Å². The summed E-state index contributed by atoms with van der Waals surface area (Å²) in [4.78, 5) is 4.54. The predicted octanol–water partition coefficient (Wildman–Crippen LogP) is 4.69. The minimum absolute atomic E-state index is 0.816. The van der Waals surface area contributed by atoms with Crippen molar-refractivity contribution < 1.29 is 0 Å². The van der Waals surface area contributed by atoms with Crippen LogP contribution in [0.25, 0.3) is 5.69 Å². The van der Waals surface area contributed by atoms with Crippen molar-refractivity contribution in [1.82, 2.24) is 9.55 Å². The molecule has 1 heterocycles. The largest absolute Gasteiger partial charge is 0.325 e. The second kappa shape index (κ2) is 5.51. The third kappa shape index (κ3) is 2.75. The first kappa shape index (κ1) is 12.9. The van der Waals surface area contributed by atoms with E-state index in [1.165, 1.54) is 0 Å². The molecule has 0 amide bonds. The van der Waals surface area contributed by atoms with Crippen LogP contribution in [-0.2, 0) is 0 Å². The molecule has 0 radical (unpaired) electrons. The summed E-state index contributed by atoms with van der Waals surface area (Å²) in [6.45, 7) is 1.99. The quantitative estimate of drug-likeness (QED) is 0.756. The number of aromatic nitrogens is 2. The molecule has 2 aromatic carbocycles. The van der Waals surface area contributed by atoms with Crippen LogP contribution in [0.4, 0.5) is 11.6 Å². The molecule has 1 N–H and O–H groups in total. The zero-order valence-corrected chi connectivity index (χ0v) is 12.6. The first-order chi connectivity index (χ1) is 9.72. The summed E-state index contributed by atoms with van der Waals surface area (Å²) in [5, 5.41) is 3.35. The summed E-state index contributed by atoms with van der Waals surface area (Å²) in [6, 6.07) is 18.2. The van der Waals surface area contributed by atoms with Gasteiger partial charge in [-0.1, -0.05) is 34.1 Å². The number of para-hydroxylation sites is 1. The number of imidazole rings is 1. The van der Waals surface area contributed by atoms with Crippen LogP contribution in [0.2, 0.25) is 0 Å². The van der Waals surface area contributed by atoms with Crippen molar-refractivity contribution in [3.63, 3.8) is 0 Å². The average molecular weight is 328 g/mol. The fourth-order valence-corrected chi connectivity index (χ4v) is 2.30. The number of halogens is 1. The molecule has 0 aliphatic rings. The maximum atomic E-state index is 4.54. The minimum Gasteiger partial charge on any atom is -0.325 e. The summed E-state index contributed by atoms with van der Waals surface area (Å²) in [5.74, 6) is 0.816. The molecule has 0 unspecified atom stereocenters. The number of nitrogens with one attached hydrogen (secondary N) is 1. The van der Waals surface area contributed by atoms with E-state index in [4.69, 9.17) is 0 Å². The van der Waals surface area contributed by atoms with Gasteiger partial charge in [0.15, 0.2) is 0 Å². The third-order valence-corrected chi connectivity index (χ3v) is 3.49. The number of rotatable bonds is 3. The molecular weight excluding hydrogens is 314 g/mol. The van der Waals surface area contributed by atoms with E-state index in [9.17, 15) is 0 Å². The molecule has 3 nitrogen and oxygen atoms in total. The Morgan fingerprint density at radius 2 is 1.70 bits per heavy atom. The Bertz CT molecular complexity index is 702. The molecule has 100 valence electrons. The fourth-order valence-electron chi connectivity index (χ4n) is 2.04. The lowest BCUT2D eigenvalue weighted by Gasteiger charge is -2.09. The highest BCUT2D eigenvalue weighted by atomic mass is 79.9. The summed E-state index contributed by atoms with van der Waals surface area (Å²) in [7, 11) is 0. The van der Waals surface area contributed by atoms with E-state index in [0.717, 1.165) is 27.5 Å². The molecule has 0 spiro atoms. The summed E-state index contributed by atoms with van der Waals surface area (Å²) < 4.78 is 3.12. The summed E-state index contributed by atoms with van der Waals surface area (Å²) >= 11 is 3.45. The van der Waals surface area contributed by atoms with Gasteiger partial charge in [0.25, 0.3) is 0 Å². The van der Waals surface area contributed by atoms with E-state index in [2.05, 4.69) is 42.9 Å². The molecule has 0 fully saturated rings. The first-order valence-electron chi connectivity index (χ1n) is 6.36. The molecule has 3 aromatic rings. The van der Waals surface area contributed by atoms with E-state index in [1.807, 2.05) is 55.6 Å². The molecular formula is C16H14BrN3. The number of hydrogen-bond donors (Lipinski definition) is 1. The maximum Gasteiger partial charge on any atom is 0.212 e. The Kier molecular flexibility index (Phi) is 3.56. The molecule has 0 bridgehead atoms. The second-order valence-corrected chi connectivity index (χ2v) is 5.46. The van der Waals surface area contributed by atoms with Gasteiger partial charge in [-0.05, 0) is 43.3 Å². The molecule has 20 heavy (non-hydrogen) atoms. The lowest BCUT2D eigenvalue weighted by atomic mass is 10.3. The van der Waals surface area contributed by atoms with Crippen molar-refractivity contribution in [3.8, 4) is 5.69 Å². The molecule has 0 aliphatic carbocycles. The molecule has 0 saturated heterocycles. The van der Waals surface area contributed by atoms with Crippen molar-refractivity contribution >= 4 is 27.6 Å². The van der Waals surface area contributed by atoms with E-state index in [1.54, 1.807) is 0 Å². The van der Waals surface area contributed by atoms with Crippen molar-refractivity contribution in [3.05, 3.63) is 71.0 Å². The van der Waals surface area contributed by atoms with Crippen LogP contribution in [0.15, 0.2) is 65.3 Å². The van der Waals surface area contributed by atoms with E-state index in [0.29, 0.717) is 0 Å². The van der Waals surface area contributed by atoms with Gasteiger partial charge < -0.3 is 5.32 Å². The second-order valence-electron chi connectivity index (χ2n) is 4.54. The van der Waals surface area contributed by atoms with Crippen LogP contribution in [0, 0.1) is 6.92 Å². The number of nitrogens with zero attached hydrogens (tertiary/aromatic N) is 2. The van der Waals surface area contributed by atoms with Gasteiger partial charge in [0.1, 0.15) is 0 Å². The number of hydrogen-bond acceptors (Lipinski definition) is 2. The molecule has 0 atom stereocenters. The third-order valence-electron chi connectivity index (χ3n) is 2.96. The van der Waals surface area contributed by atoms with Gasteiger partial charge in [0.05, 0.1) is 5.69 Å². The topological polar surface area (TPSA) is 29.9 Å². The highest BCUT2D eigenvalue weighted by Gasteiger charge is 2.07. The van der Waals surface area contributed by atoms with Crippen molar-refractivity contribution in [2.45, 2.75) is 6.92 Å². The Labute approximate surface area is 126 Å². The average Bonchev–Trinajstić information content (AvgIpc) is 2.81. The molecule has 4 heteroatoms. The van der Waals surface area contributed by atoms with Crippen molar-refractivity contribution in [1.29, 1.82) is 0 Å².